The van der Waals surface area contributed by atoms with E-state index in [0.717, 1.165) is 38.2 Å². The summed E-state index contributed by atoms with van der Waals surface area (Å²) in [6.45, 7) is 2.47. The number of hydrogen-bond donors (Lipinski definition) is 1. The van der Waals surface area contributed by atoms with Gasteiger partial charge in [0.2, 0.25) is 0 Å². The van der Waals surface area contributed by atoms with Crippen LogP contribution >= 0.6 is 0 Å². The van der Waals surface area contributed by atoms with Crippen molar-refractivity contribution >= 4 is 0 Å². The second kappa shape index (κ2) is 4.21. The maximum Gasteiger partial charge on any atom is 0.416 e. The molecule has 0 radical (unpaired) electrons. The van der Waals surface area contributed by atoms with E-state index < -0.39 is 17.3 Å². The number of aliphatic hydroxyl groups is 1. The van der Waals surface area contributed by atoms with Gasteiger partial charge < -0.3 is 10.0 Å². The van der Waals surface area contributed by atoms with Crippen molar-refractivity contribution in [2.75, 3.05) is 19.6 Å². The highest BCUT2D eigenvalue weighted by Gasteiger charge is 2.46. The Labute approximate surface area is 109 Å². The molecule has 3 atom stereocenters. The number of hydrogen-bond acceptors (Lipinski definition) is 2. The van der Waals surface area contributed by atoms with Crippen molar-refractivity contribution in [3.63, 3.8) is 0 Å². The van der Waals surface area contributed by atoms with Crippen molar-refractivity contribution in [1.29, 1.82) is 0 Å². The van der Waals surface area contributed by atoms with Crippen molar-refractivity contribution in [3.05, 3.63) is 35.4 Å². The van der Waals surface area contributed by atoms with Crippen LogP contribution in [0.4, 0.5) is 13.2 Å². The molecule has 0 saturated carbocycles. The Morgan fingerprint density at radius 1 is 1.26 bits per heavy atom. The Bertz CT molecular complexity index is 488. The third-order valence-electron chi connectivity index (χ3n) is 4.45. The first kappa shape index (κ1) is 12.9. The number of halogens is 3. The lowest BCUT2D eigenvalue weighted by Crippen LogP contribution is -2.44. The molecule has 0 spiro atoms. The molecule has 1 aromatic rings. The average molecular weight is 271 g/mol. The first-order valence-corrected chi connectivity index (χ1v) is 6.52. The molecule has 2 bridgehead atoms. The number of alkyl halides is 3. The predicted molar refractivity (Wildman–Crippen MR) is 64.5 cm³/mol. The van der Waals surface area contributed by atoms with E-state index in [-0.39, 0.29) is 5.92 Å². The zero-order chi connectivity index (χ0) is 13.7. The fourth-order valence-electron chi connectivity index (χ4n) is 3.30. The zero-order valence-corrected chi connectivity index (χ0v) is 10.5. The summed E-state index contributed by atoms with van der Waals surface area (Å²) in [4.78, 5) is 2.26. The number of piperidine rings is 1. The van der Waals surface area contributed by atoms with Crippen molar-refractivity contribution in [2.45, 2.75) is 24.6 Å². The monoisotopic (exact) mass is 271 g/mol. The number of fused-ring (bicyclic) bond motifs is 2. The fourth-order valence-corrected chi connectivity index (χ4v) is 3.30. The molecule has 0 aromatic heterocycles. The van der Waals surface area contributed by atoms with E-state index in [1.807, 2.05) is 0 Å². The highest BCUT2D eigenvalue weighted by molar-refractivity contribution is 5.31. The Morgan fingerprint density at radius 3 is 2.79 bits per heavy atom. The molecule has 0 aliphatic carbocycles. The summed E-state index contributed by atoms with van der Waals surface area (Å²) in [5.41, 5.74) is -1.37. The minimum Gasteiger partial charge on any atom is -0.385 e. The van der Waals surface area contributed by atoms with Crippen LogP contribution in [0.15, 0.2) is 24.3 Å². The standard InChI is InChI=1S/C14H16F3NO/c15-14(16,17)11-3-1-2-10(8-11)13(19)5-7-18-6-4-12(13)9-18/h1-3,8,12,19H,4-7,9H2. The molecular formula is C14H16F3NO. The summed E-state index contributed by atoms with van der Waals surface area (Å²) in [7, 11) is 0. The number of nitrogens with zero attached hydrogens (tertiary/aromatic N) is 1. The average Bonchev–Trinajstić information content (AvgIpc) is 2.79. The van der Waals surface area contributed by atoms with Gasteiger partial charge in [-0.25, -0.2) is 0 Å². The minimum absolute atomic E-state index is 0.0460. The van der Waals surface area contributed by atoms with Crippen molar-refractivity contribution in [2.24, 2.45) is 5.92 Å². The predicted octanol–water partition coefficient (Wildman–Crippen LogP) is 2.62. The summed E-state index contributed by atoms with van der Waals surface area (Å²) in [6, 6.07) is 5.16. The van der Waals surface area contributed by atoms with E-state index >= 15 is 0 Å². The summed E-state index contributed by atoms with van der Waals surface area (Å²) in [6.07, 6.45) is -2.99. The largest absolute Gasteiger partial charge is 0.416 e. The summed E-state index contributed by atoms with van der Waals surface area (Å²) in [5.74, 6) is 0.0460. The van der Waals surface area contributed by atoms with E-state index in [0.29, 0.717) is 12.0 Å². The Kier molecular flexibility index (Phi) is 2.87. The molecule has 1 N–H and O–H groups in total. The lowest BCUT2D eigenvalue weighted by Gasteiger charge is -2.39. The molecule has 3 unspecified atom stereocenters. The fraction of sp³-hybridized carbons (Fsp3) is 0.571. The van der Waals surface area contributed by atoms with E-state index in [1.54, 1.807) is 6.07 Å². The maximum atomic E-state index is 12.8. The van der Waals surface area contributed by atoms with E-state index in [9.17, 15) is 18.3 Å². The molecule has 19 heavy (non-hydrogen) atoms. The van der Waals surface area contributed by atoms with Gasteiger partial charge >= 0.3 is 6.18 Å². The molecule has 2 aliphatic rings. The number of benzene rings is 1. The van der Waals surface area contributed by atoms with Crippen LogP contribution in [0.3, 0.4) is 0 Å². The normalized spacial score (nSPS) is 34.5. The molecular weight excluding hydrogens is 255 g/mol. The van der Waals surface area contributed by atoms with Gasteiger partial charge in [-0.05, 0) is 37.1 Å². The van der Waals surface area contributed by atoms with Gasteiger partial charge in [0.25, 0.3) is 0 Å². The molecule has 3 rings (SSSR count). The molecule has 5 heteroatoms. The van der Waals surface area contributed by atoms with Crippen LogP contribution in [0.2, 0.25) is 0 Å². The van der Waals surface area contributed by atoms with Gasteiger partial charge in [0.05, 0.1) is 11.2 Å². The Morgan fingerprint density at radius 2 is 2.05 bits per heavy atom. The molecule has 104 valence electrons. The lowest BCUT2D eigenvalue weighted by atomic mass is 9.76. The quantitative estimate of drug-likeness (QED) is 0.848. The third kappa shape index (κ3) is 2.15. The maximum absolute atomic E-state index is 12.8. The van der Waals surface area contributed by atoms with Gasteiger partial charge in [-0.3, -0.25) is 0 Å². The highest BCUT2D eigenvalue weighted by atomic mass is 19.4. The Balaban J connectivity index is 1.97. The first-order valence-electron chi connectivity index (χ1n) is 6.52. The summed E-state index contributed by atoms with van der Waals surface area (Å²) in [5, 5.41) is 10.8. The van der Waals surface area contributed by atoms with Gasteiger partial charge in [-0.2, -0.15) is 13.2 Å². The summed E-state index contributed by atoms with van der Waals surface area (Å²) >= 11 is 0. The zero-order valence-electron chi connectivity index (χ0n) is 10.5. The van der Waals surface area contributed by atoms with Gasteiger partial charge in [0.15, 0.2) is 0 Å². The van der Waals surface area contributed by atoms with Crippen LogP contribution in [0.25, 0.3) is 0 Å². The van der Waals surface area contributed by atoms with E-state index in [1.165, 1.54) is 6.07 Å². The molecule has 1 aromatic carbocycles. The van der Waals surface area contributed by atoms with Crippen molar-refractivity contribution < 1.29 is 18.3 Å². The van der Waals surface area contributed by atoms with E-state index in [4.69, 9.17) is 0 Å². The van der Waals surface area contributed by atoms with Crippen molar-refractivity contribution in [1.82, 2.24) is 4.90 Å². The topological polar surface area (TPSA) is 23.5 Å². The van der Waals surface area contributed by atoms with Crippen LogP contribution in [0, 0.1) is 5.92 Å². The van der Waals surface area contributed by atoms with Gasteiger partial charge in [-0.1, -0.05) is 12.1 Å². The number of rotatable bonds is 1. The lowest BCUT2D eigenvalue weighted by molar-refractivity contribution is -0.137. The van der Waals surface area contributed by atoms with Crippen LogP contribution in [-0.4, -0.2) is 29.6 Å². The Hall–Kier alpha value is -1.07. The van der Waals surface area contributed by atoms with Crippen molar-refractivity contribution in [3.8, 4) is 0 Å². The molecule has 2 saturated heterocycles. The highest BCUT2D eigenvalue weighted by Crippen LogP contribution is 2.43. The van der Waals surface area contributed by atoms with Crippen LogP contribution < -0.4 is 0 Å². The van der Waals surface area contributed by atoms with E-state index in [2.05, 4.69) is 4.90 Å². The van der Waals surface area contributed by atoms with Gasteiger partial charge in [0.1, 0.15) is 0 Å². The second-order valence-electron chi connectivity index (χ2n) is 5.54. The second-order valence-corrected chi connectivity index (χ2v) is 5.54. The third-order valence-corrected chi connectivity index (χ3v) is 4.45. The molecule has 2 heterocycles. The summed E-state index contributed by atoms with van der Waals surface area (Å²) < 4.78 is 38.3. The SMILES string of the molecule is OC1(c2cccc(C(F)(F)F)c2)CCN2CCC1C2. The first-order chi connectivity index (χ1) is 8.89. The van der Waals surface area contributed by atoms with Gasteiger partial charge in [0, 0.05) is 19.0 Å². The molecule has 2 aliphatic heterocycles. The van der Waals surface area contributed by atoms with Crippen LogP contribution in [0.1, 0.15) is 24.0 Å². The molecule has 2 nitrogen and oxygen atoms in total. The van der Waals surface area contributed by atoms with Crippen LogP contribution in [0.5, 0.6) is 0 Å². The van der Waals surface area contributed by atoms with Gasteiger partial charge in [-0.15, -0.1) is 0 Å². The molecule has 0 amide bonds. The minimum atomic E-state index is -4.36. The molecule has 2 fully saturated rings. The van der Waals surface area contributed by atoms with Crippen LogP contribution in [-0.2, 0) is 11.8 Å². The smallest absolute Gasteiger partial charge is 0.385 e.